The number of nitrogens with one attached hydrogen (secondary N) is 1. The van der Waals surface area contributed by atoms with Crippen molar-refractivity contribution in [2.45, 2.75) is 6.92 Å². The van der Waals surface area contributed by atoms with Gasteiger partial charge in [0, 0.05) is 21.8 Å². The van der Waals surface area contributed by atoms with Crippen LogP contribution in [0.4, 0.5) is 5.69 Å². The van der Waals surface area contributed by atoms with Crippen molar-refractivity contribution in [3.63, 3.8) is 0 Å². The summed E-state index contributed by atoms with van der Waals surface area (Å²) < 4.78 is 6.44. The number of hydrogen-bond donors (Lipinski definition) is 1. The zero-order valence-electron chi connectivity index (χ0n) is 12.3. The molecule has 1 N–H and O–H groups in total. The van der Waals surface area contributed by atoms with Crippen LogP contribution in [0, 0.1) is 0 Å². The third kappa shape index (κ3) is 5.27. The number of benzene rings is 2. The van der Waals surface area contributed by atoms with E-state index in [2.05, 4.69) is 21.2 Å². The van der Waals surface area contributed by atoms with E-state index >= 15 is 0 Å². The molecule has 0 saturated carbocycles. The number of anilines is 1. The molecule has 2 rings (SSSR count). The molecule has 0 atom stereocenters. The highest BCUT2D eigenvalue weighted by Crippen LogP contribution is 2.26. The van der Waals surface area contributed by atoms with Gasteiger partial charge in [0.2, 0.25) is 5.91 Å². The zero-order chi connectivity index (χ0) is 16.8. The minimum Gasteiger partial charge on any atom is -0.493 e. The van der Waals surface area contributed by atoms with Gasteiger partial charge in [0.15, 0.2) is 0 Å². The molecule has 0 fully saturated rings. The number of carbonyl (C=O) groups excluding carboxylic acids is 1. The Morgan fingerprint density at radius 1 is 1.22 bits per heavy atom. The first-order chi connectivity index (χ1) is 11.0. The second-order valence-electron chi connectivity index (χ2n) is 4.57. The molecule has 0 saturated heterocycles. The molecule has 0 bridgehead atoms. The number of halogens is 3. The van der Waals surface area contributed by atoms with Crippen molar-refractivity contribution in [2.24, 2.45) is 0 Å². The number of rotatable bonds is 5. The summed E-state index contributed by atoms with van der Waals surface area (Å²) in [5, 5.41) is 3.55. The molecule has 23 heavy (non-hydrogen) atoms. The van der Waals surface area contributed by atoms with E-state index < -0.39 is 0 Å². The van der Waals surface area contributed by atoms with E-state index in [1.54, 1.807) is 24.3 Å². The van der Waals surface area contributed by atoms with Gasteiger partial charge in [0.25, 0.3) is 0 Å². The first kappa shape index (κ1) is 17.9. The lowest BCUT2D eigenvalue weighted by Gasteiger charge is -2.07. The van der Waals surface area contributed by atoms with E-state index in [9.17, 15) is 4.79 Å². The predicted molar refractivity (Wildman–Crippen MR) is 99.4 cm³/mol. The Morgan fingerprint density at radius 3 is 2.70 bits per heavy atom. The van der Waals surface area contributed by atoms with Crippen LogP contribution in [0.25, 0.3) is 6.08 Å². The minimum atomic E-state index is -0.272. The standard InChI is InChI=1S/C17H14BrCl2NO2/c1-2-23-16-7-4-12(18)9-11(16)3-8-17(22)21-13-5-6-14(19)15(20)10-13/h3-10H,2H2,1H3,(H,21,22)/b8-3+. The van der Waals surface area contributed by atoms with Crippen LogP contribution in [0.1, 0.15) is 12.5 Å². The van der Waals surface area contributed by atoms with Crippen molar-refractivity contribution in [3.05, 3.63) is 62.6 Å². The summed E-state index contributed by atoms with van der Waals surface area (Å²) in [6.07, 6.45) is 3.13. The number of hydrogen-bond acceptors (Lipinski definition) is 2. The Bertz CT molecular complexity index is 747. The lowest BCUT2D eigenvalue weighted by Crippen LogP contribution is -2.07. The predicted octanol–water partition coefficient (Wildman–Crippen LogP) is 5.81. The smallest absolute Gasteiger partial charge is 0.248 e. The lowest BCUT2D eigenvalue weighted by molar-refractivity contribution is -0.111. The van der Waals surface area contributed by atoms with Crippen LogP contribution in [-0.2, 0) is 4.79 Å². The van der Waals surface area contributed by atoms with Crippen LogP contribution >= 0.6 is 39.1 Å². The molecule has 0 heterocycles. The van der Waals surface area contributed by atoms with Crippen molar-refractivity contribution in [2.75, 3.05) is 11.9 Å². The number of carbonyl (C=O) groups is 1. The summed E-state index contributed by atoms with van der Waals surface area (Å²) in [6, 6.07) is 10.5. The second-order valence-corrected chi connectivity index (χ2v) is 6.30. The van der Waals surface area contributed by atoms with Crippen LogP contribution in [0.5, 0.6) is 5.75 Å². The maximum Gasteiger partial charge on any atom is 0.248 e. The van der Waals surface area contributed by atoms with Crippen LogP contribution in [-0.4, -0.2) is 12.5 Å². The van der Waals surface area contributed by atoms with E-state index in [1.807, 2.05) is 25.1 Å². The second kappa shape index (κ2) is 8.39. The van der Waals surface area contributed by atoms with E-state index in [0.29, 0.717) is 28.1 Å². The minimum absolute atomic E-state index is 0.272. The van der Waals surface area contributed by atoms with E-state index in [1.165, 1.54) is 6.08 Å². The molecule has 120 valence electrons. The molecule has 0 unspecified atom stereocenters. The van der Waals surface area contributed by atoms with Crippen molar-refractivity contribution in [1.29, 1.82) is 0 Å². The van der Waals surface area contributed by atoms with Crippen molar-refractivity contribution < 1.29 is 9.53 Å². The fourth-order valence-electron chi connectivity index (χ4n) is 1.86. The van der Waals surface area contributed by atoms with Gasteiger partial charge in [-0.05, 0) is 49.4 Å². The van der Waals surface area contributed by atoms with Gasteiger partial charge in [-0.2, -0.15) is 0 Å². The Morgan fingerprint density at radius 2 is 2.00 bits per heavy atom. The molecule has 0 spiro atoms. The number of ether oxygens (including phenoxy) is 1. The van der Waals surface area contributed by atoms with Gasteiger partial charge < -0.3 is 10.1 Å². The summed E-state index contributed by atoms with van der Waals surface area (Å²) in [5.41, 5.74) is 1.39. The molecule has 0 aliphatic carbocycles. The molecule has 3 nitrogen and oxygen atoms in total. The average molecular weight is 415 g/mol. The van der Waals surface area contributed by atoms with Crippen molar-refractivity contribution in [1.82, 2.24) is 0 Å². The Labute approximate surface area is 153 Å². The molecule has 6 heteroatoms. The monoisotopic (exact) mass is 413 g/mol. The molecular weight excluding hydrogens is 401 g/mol. The maximum absolute atomic E-state index is 12.0. The summed E-state index contributed by atoms with van der Waals surface area (Å²) in [6.45, 7) is 2.46. The van der Waals surface area contributed by atoms with Crippen LogP contribution < -0.4 is 10.1 Å². The maximum atomic E-state index is 12.0. The molecule has 0 aliphatic rings. The molecule has 1 amide bonds. The zero-order valence-corrected chi connectivity index (χ0v) is 15.4. The van der Waals surface area contributed by atoms with Gasteiger partial charge >= 0.3 is 0 Å². The molecule has 0 aliphatic heterocycles. The van der Waals surface area contributed by atoms with E-state index in [-0.39, 0.29) is 5.91 Å². The highest BCUT2D eigenvalue weighted by atomic mass is 79.9. The summed E-state index contributed by atoms with van der Waals surface area (Å²) in [4.78, 5) is 12.0. The SMILES string of the molecule is CCOc1ccc(Br)cc1/C=C/C(=O)Nc1ccc(Cl)c(Cl)c1. The molecular formula is C17H14BrCl2NO2. The van der Waals surface area contributed by atoms with Crippen LogP contribution in [0.2, 0.25) is 10.0 Å². The van der Waals surface area contributed by atoms with Crippen LogP contribution in [0.15, 0.2) is 46.9 Å². The van der Waals surface area contributed by atoms with Gasteiger partial charge in [0.05, 0.1) is 16.7 Å². The molecule has 2 aromatic rings. The lowest BCUT2D eigenvalue weighted by atomic mass is 10.2. The van der Waals surface area contributed by atoms with Gasteiger partial charge in [-0.25, -0.2) is 0 Å². The van der Waals surface area contributed by atoms with Gasteiger partial charge in [-0.15, -0.1) is 0 Å². The summed E-state index contributed by atoms with van der Waals surface area (Å²) >= 11 is 15.2. The average Bonchev–Trinajstić information content (AvgIpc) is 2.51. The third-order valence-corrected chi connectivity index (χ3v) is 4.11. The van der Waals surface area contributed by atoms with Crippen molar-refractivity contribution in [3.8, 4) is 5.75 Å². The molecule has 0 aromatic heterocycles. The summed E-state index contributed by atoms with van der Waals surface area (Å²) in [5.74, 6) is 0.445. The van der Waals surface area contributed by atoms with Gasteiger partial charge in [-0.3, -0.25) is 4.79 Å². The van der Waals surface area contributed by atoms with E-state index in [4.69, 9.17) is 27.9 Å². The fourth-order valence-corrected chi connectivity index (χ4v) is 2.54. The van der Waals surface area contributed by atoms with Gasteiger partial charge in [0.1, 0.15) is 5.75 Å². The summed E-state index contributed by atoms with van der Waals surface area (Å²) in [7, 11) is 0. The highest BCUT2D eigenvalue weighted by molar-refractivity contribution is 9.10. The van der Waals surface area contributed by atoms with Crippen LogP contribution in [0.3, 0.4) is 0 Å². The fraction of sp³-hybridized carbons (Fsp3) is 0.118. The van der Waals surface area contributed by atoms with Gasteiger partial charge in [-0.1, -0.05) is 39.1 Å². The largest absolute Gasteiger partial charge is 0.493 e. The molecule has 2 aromatic carbocycles. The quantitative estimate of drug-likeness (QED) is 0.627. The Balaban J connectivity index is 2.11. The highest BCUT2D eigenvalue weighted by Gasteiger charge is 2.04. The first-order valence-corrected chi connectivity index (χ1v) is 8.41. The van der Waals surface area contributed by atoms with Crippen molar-refractivity contribution >= 4 is 56.8 Å². The Kier molecular flexibility index (Phi) is 6.51. The number of amides is 1. The van der Waals surface area contributed by atoms with E-state index in [0.717, 1.165) is 10.0 Å². The third-order valence-electron chi connectivity index (χ3n) is 2.87. The Hall–Kier alpha value is -1.49. The topological polar surface area (TPSA) is 38.3 Å². The molecule has 0 radical (unpaired) electrons. The normalized spacial score (nSPS) is 10.8. The first-order valence-electron chi connectivity index (χ1n) is 6.86.